The Labute approximate surface area is 102 Å². The second-order valence-corrected chi connectivity index (χ2v) is 5.31. The van der Waals surface area contributed by atoms with Crippen LogP contribution in [-0.2, 0) is 4.74 Å². The molecule has 0 aliphatic heterocycles. The van der Waals surface area contributed by atoms with E-state index in [1.807, 2.05) is 30.3 Å². The first-order valence-electron chi connectivity index (χ1n) is 6.53. The smallest absolute Gasteiger partial charge is 0.188 e. The van der Waals surface area contributed by atoms with Crippen molar-refractivity contribution in [2.75, 3.05) is 6.61 Å². The predicted octanol–water partition coefficient (Wildman–Crippen LogP) is 3.07. The fourth-order valence-corrected chi connectivity index (χ4v) is 3.28. The average molecular weight is 230 g/mol. The Bertz CT molecular complexity index is 399. The van der Waals surface area contributed by atoms with Crippen molar-refractivity contribution >= 4 is 5.78 Å². The van der Waals surface area contributed by atoms with Crippen LogP contribution < -0.4 is 0 Å². The molecule has 2 nitrogen and oxygen atoms in total. The Morgan fingerprint density at radius 1 is 1.18 bits per heavy atom. The summed E-state index contributed by atoms with van der Waals surface area (Å²) >= 11 is 0. The standard InChI is InChI=1S/C15H18O2/c16-14(12-4-2-1-3-5-12)10-17-15-9-11-6-7-13(15)8-11/h1-5,11,13,15H,6-10H2. The second kappa shape index (κ2) is 4.61. The lowest BCUT2D eigenvalue weighted by Gasteiger charge is -2.21. The van der Waals surface area contributed by atoms with Gasteiger partial charge in [0.25, 0.3) is 0 Å². The normalized spacial score (nSPS) is 30.7. The zero-order valence-electron chi connectivity index (χ0n) is 9.97. The summed E-state index contributed by atoms with van der Waals surface area (Å²) in [4.78, 5) is 11.9. The highest BCUT2D eigenvalue weighted by Crippen LogP contribution is 2.45. The van der Waals surface area contributed by atoms with Crippen LogP contribution >= 0.6 is 0 Å². The molecule has 17 heavy (non-hydrogen) atoms. The van der Waals surface area contributed by atoms with Gasteiger partial charge in [-0.3, -0.25) is 4.79 Å². The maximum absolute atomic E-state index is 11.9. The van der Waals surface area contributed by atoms with Crippen LogP contribution in [0.1, 0.15) is 36.0 Å². The molecule has 0 amide bonds. The van der Waals surface area contributed by atoms with Gasteiger partial charge in [-0.1, -0.05) is 30.3 Å². The highest BCUT2D eigenvalue weighted by molar-refractivity contribution is 5.97. The van der Waals surface area contributed by atoms with Crippen LogP contribution in [-0.4, -0.2) is 18.5 Å². The molecule has 0 saturated heterocycles. The molecule has 90 valence electrons. The van der Waals surface area contributed by atoms with E-state index in [-0.39, 0.29) is 12.4 Å². The number of carbonyl (C=O) groups excluding carboxylic acids is 1. The molecule has 1 aromatic carbocycles. The summed E-state index contributed by atoms with van der Waals surface area (Å²) in [6.45, 7) is 0.248. The van der Waals surface area contributed by atoms with Crippen LogP contribution in [0.2, 0.25) is 0 Å². The van der Waals surface area contributed by atoms with Crippen LogP contribution in [0.4, 0.5) is 0 Å². The van der Waals surface area contributed by atoms with Crippen LogP contribution in [0.3, 0.4) is 0 Å². The van der Waals surface area contributed by atoms with Crippen molar-refractivity contribution in [1.29, 1.82) is 0 Å². The number of Topliss-reactive ketones (excluding diaryl/α,β-unsaturated/α-hetero) is 1. The lowest BCUT2D eigenvalue weighted by atomic mass is 9.98. The highest BCUT2D eigenvalue weighted by Gasteiger charge is 2.40. The third kappa shape index (κ3) is 2.27. The van der Waals surface area contributed by atoms with Gasteiger partial charge in [-0.15, -0.1) is 0 Å². The first-order valence-corrected chi connectivity index (χ1v) is 6.53. The van der Waals surface area contributed by atoms with Gasteiger partial charge in [0.1, 0.15) is 6.61 Å². The first kappa shape index (κ1) is 11.0. The summed E-state index contributed by atoms with van der Waals surface area (Å²) in [5, 5.41) is 0. The van der Waals surface area contributed by atoms with Gasteiger partial charge >= 0.3 is 0 Å². The molecule has 2 aliphatic rings. The summed E-state index contributed by atoms with van der Waals surface area (Å²) in [6.07, 6.45) is 5.52. The molecule has 3 rings (SSSR count). The minimum Gasteiger partial charge on any atom is -0.370 e. The highest BCUT2D eigenvalue weighted by atomic mass is 16.5. The summed E-state index contributed by atoms with van der Waals surface area (Å²) in [7, 11) is 0. The maximum Gasteiger partial charge on any atom is 0.188 e. The molecule has 0 aromatic heterocycles. The first-order chi connectivity index (χ1) is 8.33. The number of carbonyl (C=O) groups is 1. The fraction of sp³-hybridized carbons (Fsp3) is 0.533. The topological polar surface area (TPSA) is 26.3 Å². The van der Waals surface area contributed by atoms with Crippen LogP contribution in [0.15, 0.2) is 30.3 Å². The van der Waals surface area contributed by atoms with Crippen LogP contribution in [0.5, 0.6) is 0 Å². The molecule has 2 fully saturated rings. The summed E-state index contributed by atoms with van der Waals surface area (Å²) in [5.41, 5.74) is 0.760. The molecule has 0 heterocycles. The molecular weight excluding hydrogens is 212 g/mol. The van der Waals surface area contributed by atoms with E-state index in [0.717, 1.165) is 17.4 Å². The number of hydrogen-bond acceptors (Lipinski definition) is 2. The van der Waals surface area contributed by atoms with Crippen molar-refractivity contribution in [3.05, 3.63) is 35.9 Å². The van der Waals surface area contributed by atoms with Gasteiger partial charge < -0.3 is 4.74 Å². The minimum atomic E-state index is 0.105. The summed E-state index contributed by atoms with van der Waals surface area (Å²) in [6, 6.07) is 9.42. The van der Waals surface area contributed by atoms with Gasteiger partial charge in [0.2, 0.25) is 0 Å². The summed E-state index contributed by atoms with van der Waals surface area (Å²) in [5.74, 6) is 1.70. The molecule has 1 aromatic rings. The van der Waals surface area contributed by atoms with Gasteiger partial charge in [0, 0.05) is 5.56 Å². The van der Waals surface area contributed by atoms with E-state index in [9.17, 15) is 4.79 Å². The predicted molar refractivity (Wildman–Crippen MR) is 66.0 cm³/mol. The maximum atomic E-state index is 11.9. The lowest BCUT2D eigenvalue weighted by molar-refractivity contribution is 0.0191. The Hall–Kier alpha value is -1.15. The molecule has 2 aliphatic carbocycles. The van der Waals surface area contributed by atoms with Crippen molar-refractivity contribution in [3.8, 4) is 0 Å². The van der Waals surface area contributed by atoms with Crippen molar-refractivity contribution in [2.45, 2.75) is 31.8 Å². The molecule has 0 spiro atoms. The van der Waals surface area contributed by atoms with E-state index >= 15 is 0 Å². The Balaban J connectivity index is 1.53. The molecule has 2 saturated carbocycles. The number of hydrogen-bond donors (Lipinski definition) is 0. The number of fused-ring (bicyclic) bond motifs is 2. The van der Waals surface area contributed by atoms with E-state index in [1.54, 1.807) is 0 Å². The number of ketones is 1. The Kier molecular flexibility index (Phi) is 2.98. The molecule has 3 atom stereocenters. The molecule has 0 N–H and O–H groups in total. The lowest BCUT2D eigenvalue weighted by Crippen LogP contribution is -2.23. The van der Waals surface area contributed by atoms with E-state index < -0.39 is 0 Å². The van der Waals surface area contributed by atoms with Gasteiger partial charge in [-0.25, -0.2) is 0 Å². The molecule has 3 unspecified atom stereocenters. The van der Waals surface area contributed by atoms with E-state index in [1.165, 1.54) is 25.7 Å². The van der Waals surface area contributed by atoms with Crippen LogP contribution in [0, 0.1) is 11.8 Å². The van der Waals surface area contributed by atoms with Crippen molar-refractivity contribution in [2.24, 2.45) is 11.8 Å². The largest absolute Gasteiger partial charge is 0.370 e. The zero-order chi connectivity index (χ0) is 11.7. The average Bonchev–Trinajstić information content (AvgIpc) is 2.99. The van der Waals surface area contributed by atoms with Gasteiger partial charge in [0.15, 0.2) is 5.78 Å². The van der Waals surface area contributed by atoms with Crippen molar-refractivity contribution in [1.82, 2.24) is 0 Å². The van der Waals surface area contributed by atoms with Gasteiger partial charge in [-0.2, -0.15) is 0 Å². The van der Waals surface area contributed by atoms with E-state index in [2.05, 4.69) is 0 Å². The third-order valence-electron chi connectivity index (χ3n) is 4.20. The van der Waals surface area contributed by atoms with Crippen molar-refractivity contribution < 1.29 is 9.53 Å². The number of rotatable bonds is 4. The molecular formula is C15H18O2. The number of benzene rings is 1. The zero-order valence-corrected chi connectivity index (χ0v) is 9.97. The van der Waals surface area contributed by atoms with Crippen molar-refractivity contribution in [3.63, 3.8) is 0 Å². The molecule has 2 heteroatoms. The second-order valence-electron chi connectivity index (χ2n) is 5.31. The van der Waals surface area contributed by atoms with E-state index in [0.29, 0.717) is 6.10 Å². The molecule has 0 radical (unpaired) electrons. The quantitative estimate of drug-likeness (QED) is 0.743. The monoisotopic (exact) mass is 230 g/mol. The SMILES string of the molecule is O=C(COC1CC2CCC1C2)c1ccccc1. The fourth-order valence-electron chi connectivity index (χ4n) is 3.28. The Morgan fingerprint density at radius 2 is 2.00 bits per heavy atom. The van der Waals surface area contributed by atoms with Gasteiger partial charge in [0.05, 0.1) is 6.10 Å². The van der Waals surface area contributed by atoms with Crippen LogP contribution in [0.25, 0.3) is 0 Å². The summed E-state index contributed by atoms with van der Waals surface area (Å²) < 4.78 is 5.80. The minimum absolute atomic E-state index is 0.105. The Morgan fingerprint density at radius 3 is 2.65 bits per heavy atom. The number of ether oxygens (including phenoxy) is 1. The molecule has 2 bridgehead atoms. The third-order valence-corrected chi connectivity index (χ3v) is 4.20. The van der Waals surface area contributed by atoms with E-state index in [4.69, 9.17) is 4.74 Å². The van der Waals surface area contributed by atoms with Gasteiger partial charge in [-0.05, 0) is 37.5 Å².